The number of nitrogens with zero attached hydrogens (tertiary/aromatic N) is 2. The Labute approximate surface area is 85.5 Å². The molecule has 3 nitrogen and oxygen atoms in total. The average molecular weight is 212 g/mol. The molecule has 0 aromatic carbocycles. The highest BCUT2D eigenvalue weighted by atomic mass is 35.5. The maximum atomic E-state index is 8.67. The Balaban J connectivity index is 2.71. The second kappa shape index (κ2) is 4.71. The van der Waals surface area contributed by atoms with Crippen molar-refractivity contribution in [1.82, 2.24) is 4.37 Å². The fraction of sp³-hybridized carbons (Fsp3) is 0.250. The molecule has 0 aliphatic heterocycles. The van der Waals surface area contributed by atoms with Gasteiger partial charge in [0, 0.05) is 13.0 Å². The smallest absolute Gasteiger partial charge is 0.167 e. The van der Waals surface area contributed by atoms with E-state index in [4.69, 9.17) is 23.3 Å². The van der Waals surface area contributed by atoms with Crippen LogP contribution in [-0.2, 0) is 0 Å². The summed E-state index contributed by atoms with van der Waals surface area (Å²) in [6, 6.07) is 2.00. The van der Waals surface area contributed by atoms with Crippen LogP contribution in [0.4, 0.5) is 5.69 Å². The van der Waals surface area contributed by atoms with Gasteiger partial charge in [0.2, 0.25) is 0 Å². The number of anilines is 1. The van der Waals surface area contributed by atoms with Crippen molar-refractivity contribution in [2.45, 2.75) is 6.42 Å². The normalized spacial score (nSPS) is 8.85. The minimum Gasteiger partial charge on any atom is -0.380 e. The number of hydrogen-bond acceptors (Lipinski definition) is 4. The molecule has 1 aromatic heterocycles. The van der Waals surface area contributed by atoms with Crippen LogP contribution in [0.2, 0.25) is 5.15 Å². The van der Waals surface area contributed by atoms with Crippen molar-refractivity contribution in [2.24, 2.45) is 0 Å². The molecule has 0 saturated carbocycles. The molecule has 66 valence electrons. The van der Waals surface area contributed by atoms with Gasteiger partial charge in [-0.15, -0.1) is 12.3 Å². The van der Waals surface area contributed by atoms with E-state index in [0.29, 0.717) is 28.7 Å². The van der Waals surface area contributed by atoms with Crippen LogP contribution in [0.15, 0.2) is 0 Å². The van der Waals surface area contributed by atoms with Crippen LogP contribution < -0.4 is 5.32 Å². The third-order valence-electron chi connectivity index (χ3n) is 1.32. The zero-order chi connectivity index (χ0) is 9.68. The highest BCUT2D eigenvalue weighted by Crippen LogP contribution is 2.27. The standard InChI is InChI=1S/C8H6ClN3S/c1-2-3-4-11-7-6(5-10)13-12-8(7)9/h1,11H,3-4H2. The number of nitriles is 1. The fourth-order valence-corrected chi connectivity index (χ4v) is 1.64. The van der Waals surface area contributed by atoms with Gasteiger partial charge in [0.05, 0.1) is 0 Å². The van der Waals surface area contributed by atoms with Crippen molar-refractivity contribution in [2.75, 3.05) is 11.9 Å². The molecule has 0 unspecified atom stereocenters. The van der Waals surface area contributed by atoms with Crippen molar-refractivity contribution in [3.05, 3.63) is 10.0 Å². The summed E-state index contributed by atoms with van der Waals surface area (Å²) in [7, 11) is 0. The topological polar surface area (TPSA) is 48.7 Å². The SMILES string of the molecule is C#CCCNc1c(Cl)nsc1C#N. The third-order valence-corrected chi connectivity index (χ3v) is 2.45. The molecule has 0 spiro atoms. The van der Waals surface area contributed by atoms with Crippen molar-refractivity contribution in [3.8, 4) is 18.4 Å². The van der Waals surface area contributed by atoms with E-state index in [2.05, 4.69) is 15.6 Å². The largest absolute Gasteiger partial charge is 0.380 e. The molecule has 13 heavy (non-hydrogen) atoms. The Kier molecular flexibility index (Phi) is 3.57. The Hall–Kier alpha value is -1.23. The van der Waals surface area contributed by atoms with E-state index < -0.39 is 0 Å². The van der Waals surface area contributed by atoms with E-state index in [1.165, 1.54) is 0 Å². The molecule has 0 aliphatic carbocycles. The van der Waals surface area contributed by atoms with Crippen LogP contribution in [-0.4, -0.2) is 10.9 Å². The minimum absolute atomic E-state index is 0.332. The molecule has 0 amide bonds. The van der Waals surface area contributed by atoms with E-state index in [1.54, 1.807) is 0 Å². The summed E-state index contributed by atoms with van der Waals surface area (Å²) >= 11 is 6.81. The first kappa shape index (κ1) is 9.85. The Bertz CT molecular complexity index is 372. The molecule has 0 fully saturated rings. The molecule has 0 bridgehead atoms. The van der Waals surface area contributed by atoms with E-state index >= 15 is 0 Å². The van der Waals surface area contributed by atoms with Gasteiger partial charge in [-0.1, -0.05) is 11.6 Å². The highest BCUT2D eigenvalue weighted by molar-refractivity contribution is 7.07. The molecule has 1 aromatic rings. The first-order valence-corrected chi connectivity index (χ1v) is 4.67. The van der Waals surface area contributed by atoms with Crippen molar-refractivity contribution < 1.29 is 0 Å². The van der Waals surface area contributed by atoms with E-state index in [-0.39, 0.29) is 0 Å². The van der Waals surface area contributed by atoms with Gasteiger partial charge in [0.15, 0.2) is 5.15 Å². The van der Waals surface area contributed by atoms with Crippen LogP contribution in [0.1, 0.15) is 11.3 Å². The molecule has 0 aliphatic rings. The maximum Gasteiger partial charge on any atom is 0.167 e. The van der Waals surface area contributed by atoms with Crippen LogP contribution in [0, 0.1) is 23.7 Å². The zero-order valence-electron chi connectivity index (χ0n) is 6.67. The predicted molar refractivity (Wildman–Crippen MR) is 53.8 cm³/mol. The number of aromatic nitrogens is 1. The molecule has 1 heterocycles. The zero-order valence-corrected chi connectivity index (χ0v) is 8.24. The van der Waals surface area contributed by atoms with Crippen molar-refractivity contribution in [3.63, 3.8) is 0 Å². The van der Waals surface area contributed by atoms with Gasteiger partial charge in [-0.3, -0.25) is 0 Å². The van der Waals surface area contributed by atoms with Gasteiger partial charge in [0.1, 0.15) is 16.6 Å². The summed E-state index contributed by atoms with van der Waals surface area (Å²) in [5.41, 5.74) is 0.587. The second-order valence-electron chi connectivity index (χ2n) is 2.17. The van der Waals surface area contributed by atoms with Gasteiger partial charge >= 0.3 is 0 Å². The van der Waals surface area contributed by atoms with E-state index in [9.17, 15) is 0 Å². The van der Waals surface area contributed by atoms with Crippen LogP contribution in [0.25, 0.3) is 0 Å². The van der Waals surface area contributed by atoms with Crippen molar-refractivity contribution in [1.29, 1.82) is 5.26 Å². The molecular weight excluding hydrogens is 206 g/mol. The van der Waals surface area contributed by atoms with Crippen LogP contribution in [0.5, 0.6) is 0 Å². The maximum absolute atomic E-state index is 8.67. The number of halogens is 1. The Morgan fingerprint density at radius 1 is 1.69 bits per heavy atom. The third kappa shape index (κ3) is 2.35. The Morgan fingerprint density at radius 2 is 2.46 bits per heavy atom. The van der Waals surface area contributed by atoms with Crippen molar-refractivity contribution >= 4 is 28.8 Å². The van der Waals surface area contributed by atoms with Crippen LogP contribution >= 0.6 is 23.1 Å². The average Bonchev–Trinajstić information content (AvgIpc) is 2.48. The summed E-state index contributed by atoms with van der Waals surface area (Å²) in [6.07, 6.45) is 5.67. The van der Waals surface area contributed by atoms with Gasteiger partial charge < -0.3 is 5.32 Å². The summed E-state index contributed by atoms with van der Waals surface area (Å²) < 4.78 is 3.84. The first-order valence-electron chi connectivity index (χ1n) is 3.52. The molecule has 1 rings (SSSR count). The lowest BCUT2D eigenvalue weighted by molar-refractivity contribution is 1.10. The fourth-order valence-electron chi connectivity index (χ4n) is 0.760. The molecule has 0 saturated heterocycles. The number of hydrogen-bond donors (Lipinski definition) is 1. The van der Waals surface area contributed by atoms with E-state index in [1.807, 2.05) is 6.07 Å². The summed E-state index contributed by atoms with van der Waals surface area (Å²) in [6.45, 7) is 0.601. The van der Waals surface area contributed by atoms with Crippen LogP contribution in [0.3, 0.4) is 0 Å². The summed E-state index contributed by atoms with van der Waals surface area (Å²) in [4.78, 5) is 0.488. The van der Waals surface area contributed by atoms with Gasteiger partial charge in [0.25, 0.3) is 0 Å². The molecular formula is C8H6ClN3S. The lowest BCUT2D eigenvalue weighted by Crippen LogP contribution is -2.00. The quantitative estimate of drug-likeness (QED) is 0.615. The lowest BCUT2D eigenvalue weighted by atomic mass is 10.4. The lowest BCUT2D eigenvalue weighted by Gasteiger charge is -2.00. The number of rotatable bonds is 3. The van der Waals surface area contributed by atoms with Gasteiger partial charge in [-0.05, 0) is 11.5 Å². The Morgan fingerprint density at radius 3 is 3.08 bits per heavy atom. The second-order valence-corrected chi connectivity index (χ2v) is 3.30. The molecule has 1 N–H and O–H groups in total. The monoisotopic (exact) mass is 211 g/mol. The van der Waals surface area contributed by atoms with Gasteiger partial charge in [-0.25, -0.2) is 0 Å². The highest BCUT2D eigenvalue weighted by Gasteiger charge is 2.10. The number of nitrogens with one attached hydrogen (secondary N) is 1. The minimum atomic E-state index is 0.332. The molecule has 0 atom stereocenters. The number of terminal acetylenes is 1. The van der Waals surface area contributed by atoms with E-state index in [0.717, 1.165) is 11.5 Å². The van der Waals surface area contributed by atoms with Gasteiger partial charge in [-0.2, -0.15) is 9.64 Å². The molecule has 5 heteroatoms. The molecule has 0 radical (unpaired) electrons. The predicted octanol–water partition coefficient (Wildman–Crippen LogP) is 2.10. The summed E-state index contributed by atoms with van der Waals surface area (Å²) in [5, 5.41) is 12.0. The first-order chi connectivity index (χ1) is 6.29. The summed E-state index contributed by atoms with van der Waals surface area (Å²) in [5.74, 6) is 2.48.